The van der Waals surface area contributed by atoms with E-state index in [9.17, 15) is 4.79 Å². The molecule has 1 N–H and O–H groups in total. The summed E-state index contributed by atoms with van der Waals surface area (Å²) in [5.41, 5.74) is 3.53. The molecule has 0 aliphatic carbocycles. The summed E-state index contributed by atoms with van der Waals surface area (Å²) in [7, 11) is 1.60. The minimum absolute atomic E-state index is 0.0733. The van der Waals surface area contributed by atoms with E-state index in [4.69, 9.17) is 9.47 Å². The number of hydrogen-bond acceptors (Lipinski definition) is 6. The number of fused-ring (bicyclic) bond motifs is 1. The summed E-state index contributed by atoms with van der Waals surface area (Å²) < 4.78 is 12.9. The summed E-state index contributed by atoms with van der Waals surface area (Å²) in [5, 5.41) is 7.11. The van der Waals surface area contributed by atoms with Gasteiger partial charge in [-0.05, 0) is 62.2 Å². The van der Waals surface area contributed by atoms with Crippen molar-refractivity contribution < 1.29 is 14.3 Å². The van der Waals surface area contributed by atoms with Crippen molar-refractivity contribution in [3.63, 3.8) is 0 Å². The van der Waals surface area contributed by atoms with E-state index in [2.05, 4.69) is 20.4 Å². The summed E-state index contributed by atoms with van der Waals surface area (Å²) in [6.45, 7) is 3.89. The predicted octanol–water partition coefficient (Wildman–Crippen LogP) is 4.11. The molecule has 2 heterocycles. The lowest BCUT2D eigenvalue weighted by Crippen LogP contribution is -2.14. The van der Waals surface area contributed by atoms with E-state index in [1.165, 1.54) is 6.33 Å². The van der Waals surface area contributed by atoms with Crippen molar-refractivity contribution in [1.82, 2.24) is 19.6 Å². The molecule has 8 nitrogen and oxygen atoms in total. The molecule has 0 aliphatic heterocycles. The van der Waals surface area contributed by atoms with Gasteiger partial charge in [-0.15, -0.1) is 0 Å². The second-order valence-corrected chi connectivity index (χ2v) is 7.06. The van der Waals surface area contributed by atoms with Crippen molar-refractivity contribution in [3.05, 3.63) is 71.8 Å². The first kappa shape index (κ1) is 20.3. The fourth-order valence-corrected chi connectivity index (χ4v) is 3.42. The van der Waals surface area contributed by atoms with Crippen molar-refractivity contribution in [2.45, 2.75) is 26.7 Å². The van der Waals surface area contributed by atoms with E-state index in [0.717, 1.165) is 17.0 Å². The first-order valence-corrected chi connectivity index (χ1v) is 9.92. The van der Waals surface area contributed by atoms with Crippen molar-refractivity contribution in [2.75, 3.05) is 12.4 Å². The molecule has 1 amide bonds. The number of para-hydroxylation sites is 2. The van der Waals surface area contributed by atoms with E-state index in [-0.39, 0.29) is 5.91 Å². The highest BCUT2D eigenvalue weighted by Gasteiger charge is 2.13. The Labute approximate surface area is 179 Å². The van der Waals surface area contributed by atoms with Crippen LogP contribution in [0.2, 0.25) is 0 Å². The van der Waals surface area contributed by atoms with Crippen molar-refractivity contribution >= 4 is 17.4 Å². The van der Waals surface area contributed by atoms with Crippen molar-refractivity contribution in [2.24, 2.45) is 0 Å². The molecule has 4 aromatic rings. The van der Waals surface area contributed by atoms with Gasteiger partial charge in [-0.25, -0.2) is 9.50 Å². The molecule has 0 saturated heterocycles. The molecule has 0 aliphatic rings. The van der Waals surface area contributed by atoms with Gasteiger partial charge in [0.15, 0.2) is 11.5 Å². The van der Waals surface area contributed by atoms with Crippen LogP contribution < -0.4 is 14.8 Å². The van der Waals surface area contributed by atoms with Gasteiger partial charge in [0.05, 0.1) is 7.11 Å². The number of nitrogens with zero attached hydrogens (tertiary/aromatic N) is 4. The minimum atomic E-state index is -0.0733. The molecule has 2 aromatic carbocycles. The normalized spacial score (nSPS) is 10.8. The Morgan fingerprint density at radius 3 is 2.55 bits per heavy atom. The zero-order valence-corrected chi connectivity index (χ0v) is 17.6. The number of amides is 1. The van der Waals surface area contributed by atoms with Crippen molar-refractivity contribution in [3.8, 4) is 17.2 Å². The smallest absolute Gasteiger partial charge is 0.252 e. The summed E-state index contributed by atoms with van der Waals surface area (Å²) >= 11 is 0. The van der Waals surface area contributed by atoms with Gasteiger partial charge in [0.25, 0.3) is 5.78 Å². The van der Waals surface area contributed by atoms with Gasteiger partial charge in [0.1, 0.15) is 12.1 Å². The summed E-state index contributed by atoms with van der Waals surface area (Å²) in [4.78, 5) is 21.0. The third-order valence-electron chi connectivity index (χ3n) is 5.03. The highest BCUT2D eigenvalue weighted by molar-refractivity contribution is 5.90. The number of benzene rings is 2. The fraction of sp³-hybridized carbons (Fsp3) is 0.217. The molecule has 0 saturated carbocycles. The van der Waals surface area contributed by atoms with Crippen LogP contribution in [0.1, 0.15) is 23.4 Å². The van der Waals surface area contributed by atoms with Gasteiger partial charge in [0.2, 0.25) is 5.91 Å². The monoisotopic (exact) mass is 417 g/mol. The number of hydrogen-bond donors (Lipinski definition) is 1. The highest BCUT2D eigenvalue weighted by atomic mass is 16.5. The zero-order valence-electron chi connectivity index (χ0n) is 17.6. The largest absolute Gasteiger partial charge is 0.493 e. The molecular weight excluding hydrogens is 394 g/mol. The Morgan fingerprint density at radius 1 is 1.06 bits per heavy atom. The number of aryl methyl sites for hydroxylation is 2. The maximum absolute atomic E-state index is 12.5. The highest BCUT2D eigenvalue weighted by Crippen LogP contribution is 2.31. The number of nitrogens with one attached hydrogen (secondary N) is 1. The lowest BCUT2D eigenvalue weighted by atomic mass is 10.1. The number of carbonyl (C=O) groups excluding carboxylic acids is 1. The van der Waals surface area contributed by atoms with Crippen LogP contribution in [0.25, 0.3) is 5.78 Å². The maximum atomic E-state index is 12.5. The minimum Gasteiger partial charge on any atom is -0.493 e. The molecule has 0 bridgehead atoms. The van der Waals surface area contributed by atoms with E-state index < -0.39 is 0 Å². The number of rotatable bonds is 7. The molecule has 31 heavy (non-hydrogen) atoms. The predicted molar refractivity (Wildman–Crippen MR) is 117 cm³/mol. The van der Waals surface area contributed by atoms with Crippen LogP contribution in [0.15, 0.2) is 54.9 Å². The molecular formula is C23H23N5O3. The zero-order chi connectivity index (χ0) is 21.8. The summed E-state index contributed by atoms with van der Waals surface area (Å²) in [5.74, 6) is 2.44. The first-order chi connectivity index (χ1) is 15.0. The van der Waals surface area contributed by atoms with E-state index in [0.29, 0.717) is 41.6 Å². The quantitative estimate of drug-likeness (QED) is 0.487. The molecule has 0 radical (unpaired) electrons. The summed E-state index contributed by atoms with van der Waals surface area (Å²) in [6.07, 6.45) is 2.39. The van der Waals surface area contributed by atoms with Gasteiger partial charge in [0, 0.05) is 23.5 Å². The Bertz CT molecular complexity index is 1220. The molecule has 0 spiro atoms. The number of ether oxygens (including phenoxy) is 2. The Morgan fingerprint density at radius 2 is 1.81 bits per heavy atom. The SMILES string of the molecule is COc1ccccc1Oc1ccc(NC(=O)CCc2c(C)nc3ncnn3c2C)cc1. The summed E-state index contributed by atoms with van der Waals surface area (Å²) in [6, 6.07) is 14.7. The molecule has 4 rings (SSSR count). The first-order valence-electron chi connectivity index (χ1n) is 9.92. The molecule has 0 unspecified atom stereocenters. The van der Waals surface area contributed by atoms with Crippen LogP contribution in [0.3, 0.4) is 0 Å². The van der Waals surface area contributed by atoms with Gasteiger partial charge < -0.3 is 14.8 Å². The van der Waals surface area contributed by atoms with Crippen molar-refractivity contribution in [1.29, 1.82) is 0 Å². The Balaban J connectivity index is 1.37. The van der Waals surface area contributed by atoms with Gasteiger partial charge in [-0.2, -0.15) is 10.1 Å². The number of carbonyl (C=O) groups is 1. The Kier molecular flexibility index (Phi) is 5.79. The number of aromatic nitrogens is 4. The molecule has 158 valence electrons. The van der Waals surface area contributed by atoms with Crippen LogP contribution in [0.4, 0.5) is 5.69 Å². The average molecular weight is 417 g/mol. The average Bonchev–Trinajstić information content (AvgIpc) is 3.24. The lowest BCUT2D eigenvalue weighted by Gasteiger charge is -2.12. The molecule has 0 fully saturated rings. The second kappa shape index (κ2) is 8.83. The van der Waals surface area contributed by atoms with E-state index in [1.807, 2.05) is 50.2 Å². The second-order valence-electron chi connectivity index (χ2n) is 7.06. The van der Waals surface area contributed by atoms with Crippen LogP contribution >= 0.6 is 0 Å². The van der Waals surface area contributed by atoms with Crippen LogP contribution in [0.5, 0.6) is 17.2 Å². The van der Waals surface area contributed by atoms with Gasteiger partial charge in [-0.3, -0.25) is 4.79 Å². The topological polar surface area (TPSA) is 90.6 Å². The third-order valence-corrected chi connectivity index (χ3v) is 5.03. The Hall–Kier alpha value is -3.94. The standard InChI is InChI=1S/C23H23N5O3/c1-15-19(16(2)28-23(26-15)24-14-25-28)12-13-22(29)27-17-8-10-18(11-9-17)31-21-7-5-4-6-20(21)30-3/h4-11,14H,12-13H2,1-3H3,(H,27,29). The third kappa shape index (κ3) is 4.48. The maximum Gasteiger partial charge on any atom is 0.252 e. The fourth-order valence-electron chi connectivity index (χ4n) is 3.42. The van der Waals surface area contributed by atoms with Crippen LogP contribution in [0, 0.1) is 13.8 Å². The number of methoxy groups -OCH3 is 1. The molecule has 8 heteroatoms. The number of anilines is 1. The van der Waals surface area contributed by atoms with Crippen LogP contribution in [-0.2, 0) is 11.2 Å². The molecule has 0 atom stereocenters. The van der Waals surface area contributed by atoms with E-state index in [1.54, 1.807) is 23.8 Å². The van der Waals surface area contributed by atoms with E-state index >= 15 is 0 Å². The van der Waals surface area contributed by atoms with Gasteiger partial charge >= 0.3 is 0 Å². The lowest BCUT2D eigenvalue weighted by molar-refractivity contribution is -0.116. The van der Waals surface area contributed by atoms with Gasteiger partial charge in [-0.1, -0.05) is 12.1 Å². The molecule has 2 aromatic heterocycles. The van der Waals surface area contributed by atoms with Crippen LogP contribution in [-0.4, -0.2) is 32.6 Å².